The minimum absolute atomic E-state index is 0.240. The van der Waals surface area contributed by atoms with Gasteiger partial charge in [-0.1, -0.05) is 6.08 Å². The van der Waals surface area contributed by atoms with Crippen molar-refractivity contribution in [2.75, 3.05) is 26.2 Å². The van der Waals surface area contributed by atoms with E-state index in [0.717, 1.165) is 44.7 Å². The zero-order valence-corrected chi connectivity index (χ0v) is 15.9. The molecule has 1 spiro atoms. The standard InChI is InChI=1S/C20H28N4O4/c25-16-4-3-15(17(26)22-16)24-18(27)13-2-1-12(9-14(13)19(24)28)23-7-5-20(6-8-23)10-21-11-20/h1-2,9,13-17,21-22,25-26H,3-8,10-11H2. The number of carbonyl (C=O) groups excluding carboxylic acids is 2. The Bertz CT molecular complexity index is 736. The lowest BCUT2D eigenvalue weighted by molar-refractivity contribution is -0.149. The molecule has 5 unspecified atom stereocenters. The van der Waals surface area contributed by atoms with Crippen LogP contribution in [0.5, 0.6) is 0 Å². The van der Waals surface area contributed by atoms with Gasteiger partial charge in [0.1, 0.15) is 12.5 Å². The first-order valence-electron chi connectivity index (χ1n) is 10.3. The molecule has 0 saturated carbocycles. The summed E-state index contributed by atoms with van der Waals surface area (Å²) in [5, 5.41) is 25.9. The van der Waals surface area contributed by atoms with E-state index in [-0.39, 0.29) is 11.8 Å². The van der Waals surface area contributed by atoms with Gasteiger partial charge >= 0.3 is 0 Å². The average Bonchev–Trinajstić information content (AvgIpc) is 2.91. The molecule has 1 aliphatic carbocycles. The Morgan fingerprint density at radius 3 is 2.39 bits per heavy atom. The van der Waals surface area contributed by atoms with Crippen LogP contribution in [0.1, 0.15) is 25.7 Å². The van der Waals surface area contributed by atoms with E-state index in [1.165, 1.54) is 4.90 Å². The summed E-state index contributed by atoms with van der Waals surface area (Å²) in [6, 6.07) is -0.625. The van der Waals surface area contributed by atoms with Crippen LogP contribution in [0.15, 0.2) is 23.9 Å². The van der Waals surface area contributed by atoms with Crippen LogP contribution in [-0.2, 0) is 9.59 Å². The van der Waals surface area contributed by atoms with Crippen LogP contribution >= 0.6 is 0 Å². The van der Waals surface area contributed by atoms with Gasteiger partial charge in [0, 0.05) is 31.9 Å². The van der Waals surface area contributed by atoms with Crippen LogP contribution < -0.4 is 10.6 Å². The fourth-order valence-corrected chi connectivity index (χ4v) is 5.31. The smallest absolute Gasteiger partial charge is 0.237 e. The van der Waals surface area contributed by atoms with Crippen LogP contribution in [0, 0.1) is 17.3 Å². The van der Waals surface area contributed by atoms with Crippen LogP contribution in [-0.4, -0.2) is 76.5 Å². The molecule has 2 amide bonds. The molecule has 8 heteroatoms. The molecule has 4 heterocycles. The summed E-state index contributed by atoms with van der Waals surface area (Å²) in [6.07, 6.45) is 6.98. The van der Waals surface area contributed by atoms with E-state index >= 15 is 0 Å². The van der Waals surface area contributed by atoms with Gasteiger partial charge in [-0.05, 0) is 43.3 Å². The van der Waals surface area contributed by atoms with Crippen molar-refractivity contribution in [1.29, 1.82) is 0 Å². The highest BCUT2D eigenvalue weighted by Gasteiger charge is 2.51. The third kappa shape index (κ3) is 2.82. The quantitative estimate of drug-likeness (QED) is 0.455. The van der Waals surface area contributed by atoms with E-state index in [1.54, 1.807) is 0 Å². The Morgan fingerprint density at radius 2 is 1.75 bits per heavy atom. The molecule has 5 aliphatic rings. The van der Waals surface area contributed by atoms with Gasteiger partial charge in [-0.15, -0.1) is 0 Å². The molecule has 0 aromatic rings. The van der Waals surface area contributed by atoms with Gasteiger partial charge in [0.15, 0.2) is 0 Å². The number of nitrogens with zero attached hydrogens (tertiary/aromatic N) is 2. The van der Waals surface area contributed by atoms with Gasteiger partial charge in [0.25, 0.3) is 0 Å². The van der Waals surface area contributed by atoms with Crippen molar-refractivity contribution in [2.45, 2.75) is 44.2 Å². The summed E-state index contributed by atoms with van der Waals surface area (Å²) in [5.41, 5.74) is 1.49. The van der Waals surface area contributed by atoms with Crippen molar-refractivity contribution in [3.8, 4) is 0 Å². The molecule has 0 aromatic heterocycles. The fourth-order valence-electron chi connectivity index (χ4n) is 5.31. The van der Waals surface area contributed by atoms with Gasteiger partial charge < -0.3 is 20.4 Å². The Balaban J connectivity index is 1.31. The first-order chi connectivity index (χ1) is 13.5. The maximum atomic E-state index is 13.1. The molecular formula is C20H28N4O4. The molecule has 28 heavy (non-hydrogen) atoms. The van der Waals surface area contributed by atoms with E-state index < -0.39 is 30.3 Å². The zero-order valence-electron chi connectivity index (χ0n) is 15.9. The summed E-state index contributed by atoms with van der Waals surface area (Å²) in [5.74, 6) is -1.47. The number of hydrogen-bond donors (Lipinski definition) is 4. The number of hydrogen-bond acceptors (Lipinski definition) is 7. The third-order valence-corrected chi connectivity index (χ3v) is 7.24. The average molecular weight is 388 g/mol. The maximum absolute atomic E-state index is 13.1. The topological polar surface area (TPSA) is 105 Å². The molecule has 0 aromatic carbocycles. The highest BCUT2D eigenvalue weighted by Crippen LogP contribution is 2.40. The molecule has 152 valence electrons. The third-order valence-electron chi connectivity index (χ3n) is 7.24. The van der Waals surface area contributed by atoms with E-state index in [4.69, 9.17) is 0 Å². The second kappa shape index (κ2) is 6.66. The van der Waals surface area contributed by atoms with Crippen LogP contribution in [0.4, 0.5) is 0 Å². The summed E-state index contributed by atoms with van der Waals surface area (Å²) in [6.45, 7) is 4.16. The SMILES string of the molecule is O=C1C2C=CC(N3CCC4(CC3)CNC4)=CC2C(=O)N1C1CCC(O)NC1O. The van der Waals surface area contributed by atoms with E-state index in [9.17, 15) is 19.8 Å². The zero-order chi connectivity index (χ0) is 19.5. The highest BCUT2D eigenvalue weighted by atomic mass is 16.3. The first kappa shape index (κ1) is 18.3. The summed E-state index contributed by atoms with van der Waals surface area (Å²) >= 11 is 0. The van der Waals surface area contributed by atoms with Gasteiger partial charge in [-0.2, -0.15) is 0 Å². The molecule has 4 aliphatic heterocycles. The lowest BCUT2D eigenvalue weighted by Crippen LogP contribution is -2.58. The molecular weight excluding hydrogens is 360 g/mol. The van der Waals surface area contributed by atoms with Gasteiger partial charge in [-0.25, -0.2) is 0 Å². The summed E-state index contributed by atoms with van der Waals surface area (Å²) in [7, 11) is 0. The lowest BCUT2D eigenvalue weighted by atomic mass is 9.73. The van der Waals surface area contributed by atoms with Gasteiger partial charge in [-0.3, -0.25) is 19.8 Å². The number of allylic oxidation sites excluding steroid dienone is 1. The molecule has 4 fully saturated rings. The molecule has 4 N–H and O–H groups in total. The summed E-state index contributed by atoms with van der Waals surface area (Å²) < 4.78 is 0. The Kier molecular flexibility index (Phi) is 4.35. The van der Waals surface area contributed by atoms with E-state index in [2.05, 4.69) is 15.5 Å². The minimum Gasteiger partial charge on any atom is -0.379 e. The number of likely N-dealkylation sites (tertiary alicyclic amines) is 2. The van der Waals surface area contributed by atoms with Gasteiger partial charge in [0.2, 0.25) is 11.8 Å². The Labute approximate surface area is 164 Å². The number of nitrogens with one attached hydrogen (secondary N) is 2. The summed E-state index contributed by atoms with van der Waals surface area (Å²) in [4.78, 5) is 29.5. The second-order valence-corrected chi connectivity index (χ2v) is 8.91. The molecule has 0 bridgehead atoms. The van der Waals surface area contributed by atoms with Crippen molar-refractivity contribution in [3.63, 3.8) is 0 Å². The normalized spacial score (nSPS) is 39.8. The minimum atomic E-state index is -1.10. The van der Waals surface area contributed by atoms with Crippen molar-refractivity contribution in [2.24, 2.45) is 17.3 Å². The monoisotopic (exact) mass is 388 g/mol. The molecule has 4 saturated heterocycles. The predicted molar refractivity (Wildman–Crippen MR) is 100 cm³/mol. The number of aliphatic hydroxyl groups is 2. The second-order valence-electron chi connectivity index (χ2n) is 8.91. The van der Waals surface area contributed by atoms with Crippen LogP contribution in [0.3, 0.4) is 0 Å². The predicted octanol–water partition coefficient (Wildman–Crippen LogP) is -0.884. The number of amides is 2. The largest absolute Gasteiger partial charge is 0.379 e. The molecule has 8 nitrogen and oxygen atoms in total. The van der Waals surface area contributed by atoms with Crippen LogP contribution in [0.25, 0.3) is 0 Å². The Hall–Kier alpha value is -1.74. The number of carbonyl (C=O) groups is 2. The Morgan fingerprint density at radius 1 is 1.04 bits per heavy atom. The van der Waals surface area contributed by atoms with Crippen molar-refractivity contribution >= 4 is 11.8 Å². The van der Waals surface area contributed by atoms with E-state index in [1.807, 2.05) is 18.2 Å². The number of piperidine rings is 2. The van der Waals surface area contributed by atoms with Crippen molar-refractivity contribution < 1.29 is 19.8 Å². The first-order valence-corrected chi connectivity index (χ1v) is 10.3. The number of imide groups is 1. The highest BCUT2D eigenvalue weighted by molar-refractivity contribution is 6.07. The lowest BCUT2D eigenvalue weighted by Gasteiger charge is -2.49. The number of aliphatic hydroxyl groups excluding tert-OH is 2. The number of fused-ring (bicyclic) bond motifs is 1. The van der Waals surface area contributed by atoms with Gasteiger partial charge in [0.05, 0.1) is 17.9 Å². The maximum Gasteiger partial charge on any atom is 0.237 e. The van der Waals surface area contributed by atoms with Crippen molar-refractivity contribution in [3.05, 3.63) is 23.9 Å². The molecule has 5 atom stereocenters. The number of rotatable bonds is 2. The fraction of sp³-hybridized carbons (Fsp3) is 0.700. The van der Waals surface area contributed by atoms with Crippen molar-refractivity contribution in [1.82, 2.24) is 20.4 Å². The molecule has 5 rings (SSSR count). The molecule has 0 radical (unpaired) electrons. The van der Waals surface area contributed by atoms with E-state index in [0.29, 0.717) is 18.3 Å². The van der Waals surface area contributed by atoms with Crippen LogP contribution in [0.2, 0.25) is 0 Å².